The SMILES string of the molecule is CCOC(=O)C(C)(N)CC. The molecule has 0 aliphatic rings. The van der Waals surface area contributed by atoms with Crippen LogP contribution in [-0.2, 0) is 9.53 Å². The van der Waals surface area contributed by atoms with Gasteiger partial charge in [0.1, 0.15) is 5.54 Å². The van der Waals surface area contributed by atoms with E-state index in [4.69, 9.17) is 10.5 Å². The zero-order valence-electron chi connectivity index (χ0n) is 6.81. The van der Waals surface area contributed by atoms with E-state index in [1.807, 2.05) is 6.92 Å². The summed E-state index contributed by atoms with van der Waals surface area (Å²) in [7, 11) is 0. The number of carbonyl (C=O) groups excluding carboxylic acids is 1. The van der Waals surface area contributed by atoms with Crippen LogP contribution < -0.4 is 5.73 Å². The highest BCUT2D eigenvalue weighted by Crippen LogP contribution is 2.06. The third-order valence-corrected chi connectivity index (χ3v) is 1.48. The van der Waals surface area contributed by atoms with Crippen LogP contribution in [0.3, 0.4) is 0 Å². The van der Waals surface area contributed by atoms with Crippen LogP contribution in [0.15, 0.2) is 0 Å². The van der Waals surface area contributed by atoms with Crippen LogP contribution in [0, 0.1) is 0 Å². The van der Waals surface area contributed by atoms with E-state index >= 15 is 0 Å². The largest absolute Gasteiger partial charge is 0.465 e. The molecule has 0 aliphatic heterocycles. The number of hydrogen-bond donors (Lipinski definition) is 1. The Morgan fingerprint density at radius 2 is 2.10 bits per heavy atom. The molecule has 0 aromatic heterocycles. The fraction of sp³-hybridized carbons (Fsp3) is 0.857. The molecule has 60 valence electrons. The van der Waals surface area contributed by atoms with Gasteiger partial charge in [0.05, 0.1) is 6.61 Å². The van der Waals surface area contributed by atoms with Crippen molar-refractivity contribution in [2.75, 3.05) is 6.61 Å². The van der Waals surface area contributed by atoms with Gasteiger partial charge in [-0.2, -0.15) is 0 Å². The summed E-state index contributed by atoms with van der Waals surface area (Å²) in [5, 5.41) is 0. The number of hydrogen-bond acceptors (Lipinski definition) is 3. The van der Waals surface area contributed by atoms with Crippen molar-refractivity contribution in [1.29, 1.82) is 0 Å². The van der Waals surface area contributed by atoms with E-state index in [2.05, 4.69) is 0 Å². The normalized spacial score (nSPS) is 16.0. The Morgan fingerprint density at radius 1 is 1.60 bits per heavy atom. The summed E-state index contributed by atoms with van der Waals surface area (Å²) in [5.74, 6) is -0.322. The number of nitrogens with two attached hydrogens (primary N) is 1. The standard InChI is InChI=1S/C7H15NO2/c1-4-7(3,8)6(9)10-5-2/h4-5,8H2,1-3H3. The van der Waals surface area contributed by atoms with Crippen LogP contribution in [0.25, 0.3) is 0 Å². The van der Waals surface area contributed by atoms with Crippen LogP contribution in [0.2, 0.25) is 0 Å². The molecule has 1 unspecified atom stereocenters. The monoisotopic (exact) mass is 145 g/mol. The van der Waals surface area contributed by atoms with E-state index < -0.39 is 5.54 Å². The predicted octanol–water partition coefficient (Wildman–Crippen LogP) is 0.677. The molecule has 0 aromatic rings. The van der Waals surface area contributed by atoms with E-state index in [0.717, 1.165) is 0 Å². The van der Waals surface area contributed by atoms with E-state index in [-0.39, 0.29) is 5.97 Å². The van der Waals surface area contributed by atoms with E-state index in [0.29, 0.717) is 13.0 Å². The van der Waals surface area contributed by atoms with Crippen molar-refractivity contribution < 1.29 is 9.53 Å². The average molecular weight is 145 g/mol. The molecule has 1 atom stereocenters. The Hall–Kier alpha value is -0.570. The molecule has 0 saturated carbocycles. The highest BCUT2D eigenvalue weighted by atomic mass is 16.5. The topological polar surface area (TPSA) is 52.3 Å². The lowest BCUT2D eigenvalue weighted by Gasteiger charge is -2.19. The second-order valence-corrected chi connectivity index (χ2v) is 2.49. The first kappa shape index (κ1) is 9.43. The van der Waals surface area contributed by atoms with Gasteiger partial charge < -0.3 is 10.5 Å². The average Bonchev–Trinajstić information content (AvgIpc) is 1.89. The van der Waals surface area contributed by atoms with Crippen molar-refractivity contribution in [2.24, 2.45) is 5.73 Å². The number of ether oxygens (including phenoxy) is 1. The second kappa shape index (κ2) is 3.56. The molecule has 3 nitrogen and oxygen atoms in total. The number of esters is 1. The van der Waals surface area contributed by atoms with Crippen LogP contribution in [0.1, 0.15) is 27.2 Å². The number of carbonyl (C=O) groups is 1. The maximum absolute atomic E-state index is 10.9. The quantitative estimate of drug-likeness (QED) is 0.594. The van der Waals surface area contributed by atoms with Gasteiger partial charge in [0.25, 0.3) is 0 Å². The van der Waals surface area contributed by atoms with Crippen LogP contribution in [-0.4, -0.2) is 18.1 Å². The molecular weight excluding hydrogens is 130 g/mol. The Labute approximate surface area is 61.5 Å². The van der Waals surface area contributed by atoms with Gasteiger partial charge >= 0.3 is 5.97 Å². The Kier molecular flexibility index (Phi) is 3.36. The fourth-order valence-electron chi connectivity index (χ4n) is 0.440. The first-order chi connectivity index (χ1) is 4.54. The molecule has 0 spiro atoms. The first-order valence-electron chi connectivity index (χ1n) is 3.50. The van der Waals surface area contributed by atoms with Crippen LogP contribution >= 0.6 is 0 Å². The lowest BCUT2D eigenvalue weighted by atomic mass is 10.0. The zero-order chi connectivity index (χ0) is 8.20. The van der Waals surface area contributed by atoms with Crippen molar-refractivity contribution in [3.63, 3.8) is 0 Å². The summed E-state index contributed by atoms with van der Waals surface area (Å²) < 4.78 is 4.73. The van der Waals surface area contributed by atoms with Crippen LogP contribution in [0.5, 0.6) is 0 Å². The number of rotatable bonds is 3. The first-order valence-corrected chi connectivity index (χ1v) is 3.50. The van der Waals surface area contributed by atoms with Crippen LogP contribution in [0.4, 0.5) is 0 Å². The van der Waals surface area contributed by atoms with Gasteiger partial charge in [-0.25, -0.2) is 0 Å². The lowest BCUT2D eigenvalue weighted by molar-refractivity contribution is -0.149. The van der Waals surface area contributed by atoms with Gasteiger partial charge in [0.2, 0.25) is 0 Å². The maximum atomic E-state index is 10.9. The highest BCUT2D eigenvalue weighted by Gasteiger charge is 2.26. The smallest absolute Gasteiger partial charge is 0.325 e. The van der Waals surface area contributed by atoms with Gasteiger partial charge in [0, 0.05) is 0 Å². The summed E-state index contributed by atoms with van der Waals surface area (Å²) in [6.07, 6.45) is 0.603. The summed E-state index contributed by atoms with van der Waals surface area (Å²) >= 11 is 0. The maximum Gasteiger partial charge on any atom is 0.325 e. The van der Waals surface area contributed by atoms with E-state index in [1.165, 1.54) is 0 Å². The molecule has 0 amide bonds. The van der Waals surface area contributed by atoms with Gasteiger partial charge in [-0.3, -0.25) is 4.79 Å². The minimum absolute atomic E-state index is 0.322. The summed E-state index contributed by atoms with van der Waals surface area (Å²) in [6.45, 7) is 5.69. The van der Waals surface area contributed by atoms with E-state index in [9.17, 15) is 4.79 Å². The molecule has 0 fully saturated rings. The Bertz CT molecular complexity index is 121. The highest BCUT2D eigenvalue weighted by molar-refractivity contribution is 5.79. The second-order valence-electron chi connectivity index (χ2n) is 2.49. The summed E-state index contributed by atoms with van der Waals surface area (Å²) in [5.41, 5.74) is 4.76. The predicted molar refractivity (Wildman–Crippen MR) is 39.5 cm³/mol. The minimum Gasteiger partial charge on any atom is -0.465 e. The van der Waals surface area contributed by atoms with E-state index in [1.54, 1.807) is 13.8 Å². The molecule has 0 saturated heterocycles. The van der Waals surface area contributed by atoms with Crippen molar-refractivity contribution >= 4 is 5.97 Å². The summed E-state index contributed by atoms with van der Waals surface area (Å²) in [4.78, 5) is 10.9. The van der Waals surface area contributed by atoms with Crippen molar-refractivity contribution in [2.45, 2.75) is 32.7 Å². The summed E-state index contributed by atoms with van der Waals surface area (Å²) in [6, 6.07) is 0. The Morgan fingerprint density at radius 3 is 2.40 bits per heavy atom. The van der Waals surface area contributed by atoms with Crippen molar-refractivity contribution in [1.82, 2.24) is 0 Å². The molecule has 3 heteroatoms. The molecule has 0 aliphatic carbocycles. The molecule has 0 radical (unpaired) electrons. The van der Waals surface area contributed by atoms with Crippen molar-refractivity contribution in [3.05, 3.63) is 0 Å². The zero-order valence-corrected chi connectivity index (χ0v) is 6.81. The molecule has 0 aromatic carbocycles. The molecular formula is C7H15NO2. The fourth-order valence-corrected chi connectivity index (χ4v) is 0.440. The molecule has 10 heavy (non-hydrogen) atoms. The Balaban J connectivity index is 3.91. The molecule has 0 rings (SSSR count). The third-order valence-electron chi connectivity index (χ3n) is 1.48. The lowest BCUT2D eigenvalue weighted by Crippen LogP contribution is -2.45. The van der Waals surface area contributed by atoms with Crippen molar-refractivity contribution in [3.8, 4) is 0 Å². The molecule has 0 heterocycles. The molecule has 2 N–H and O–H groups in total. The third kappa shape index (κ3) is 2.35. The van der Waals surface area contributed by atoms with Gasteiger partial charge in [0.15, 0.2) is 0 Å². The van der Waals surface area contributed by atoms with Gasteiger partial charge in [-0.15, -0.1) is 0 Å². The minimum atomic E-state index is -0.810. The van der Waals surface area contributed by atoms with Gasteiger partial charge in [-0.05, 0) is 20.3 Å². The van der Waals surface area contributed by atoms with Gasteiger partial charge in [-0.1, -0.05) is 6.92 Å². The molecule has 0 bridgehead atoms.